The van der Waals surface area contributed by atoms with E-state index >= 15 is 0 Å². The molecule has 0 fully saturated rings. The molecule has 1 rings (SSSR count). The SMILES string of the molecule is Cc1cc(F)c(S(=O)(=O)Cl)c(C#N)c1. The van der Waals surface area contributed by atoms with E-state index in [9.17, 15) is 12.8 Å². The van der Waals surface area contributed by atoms with Crippen LogP contribution in [0, 0.1) is 24.1 Å². The molecule has 0 amide bonds. The van der Waals surface area contributed by atoms with Crippen molar-refractivity contribution in [2.24, 2.45) is 0 Å². The van der Waals surface area contributed by atoms with Gasteiger partial charge in [-0.05, 0) is 24.6 Å². The Morgan fingerprint density at radius 2 is 2.07 bits per heavy atom. The molecule has 0 aliphatic rings. The van der Waals surface area contributed by atoms with E-state index in [1.807, 2.05) is 0 Å². The number of benzene rings is 1. The third kappa shape index (κ3) is 2.03. The molecule has 1 aromatic carbocycles. The Morgan fingerprint density at radius 3 is 2.50 bits per heavy atom. The van der Waals surface area contributed by atoms with Crippen LogP contribution < -0.4 is 0 Å². The van der Waals surface area contributed by atoms with Gasteiger partial charge in [0.1, 0.15) is 16.8 Å². The zero-order valence-corrected chi connectivity index (χ0v) is 8.66. The van der Waals surface area contributed by atoms with Gasteiger partial charge in [-0.1, -0.05) is 0 Å². The second kappa shape index (κ2) is 3.56. The fourth-order valence-corrected chi connectivity index (χ4v) is 2.19. The van der Waals surface area contributed by atoms with Crippen LogP contribution in [0.4, 0.5) is 4.39 Å². The molecule has 0 spiro atoms. The van der Waals surface area contributed by atoms with Gasteiger partial charge < -0.3 is 0 Å². The van der Waals surface area contributed by atoms with Crippen LogP contribution in [0.25, 0.3) is 0 Å². The van der Waals surface area contributed by atoms with Gasteiger partial charge in [-0.2, -0.15) is 5.26 Å². The molecule has 6 heteroatoms. The number of hydrogen-bond acceptors (Lipinski definition) is 3. The van der Waals surface area contributed by atoms with Crippen LogP contribution >= 0.6 is 10.7 Å². The van der Waals surface area contributed by atoms with Crippen molar-refractivity contribution >= 4 is 19.7 Å². The normalized spacial score (nSPS) is 11.0. The fourth-order valence-electron chi connectivity index (χ4n) is 1.06. The molecule has 0 heterocycles. The molecule has 74 valence electrons. The van der Waals surface area contributed by atoms with Crippen molar-refractivity contribution in [3.8, 4) is 6.07 Å². The Morgan fingerprint density at radius 1 is 1.50 bits per heavy atom. The van der Waals surface area contributed by atoms with Gasteiger partial charge in [0.05, 0.1) is 5.56 Å². The number of halogens is 2. The molecule has 0 bridgehead atoms. The quantitative estimate of drug-likeness (QED) is 0.697. The summed E-state index contributed by atoms with van der Waals surface area (Å²) in [6.07, 6.45) is 0. The predicted molar refractivity (Wildman–Crippen MR) is 48.9 cm³/mol. The molecule has 0 aliphatic heterocycles. The zero-order chi connectivity index (χ0) is 10.9. The molecule has 0 unspecified atom stereocenters. The number of nitrogens with zero attached hydrogens (tertiary/aromatic N) is 1. The molecular formula is C8H5ClFNO2S. The second-order valence-electron chi connectivity index (χ2n) is 2.67. The van der Waals surface area contributed by atoms with E-state index < -0.39 is 19.8 Å². The molecule has 1 aromatic rings. The lowest BCUT2D eigenvalue weighted by Crippen LogP contribution is -2.00. The maximum absolute atomic E-state index is 13.2. The summed E-state index contributed by atoms with van der Waals surface area (Å²) in [6, 6.07) is 3.85. The standard InChI is InChI=1S/C8H5ClFNO2S/c1-5-2-6(4-11)8(7(10)3-5)14(9,12)13/h2-3H,1H3. The van der Waals surface area contributed by atoms with Crippen LogP contribution in [0.2, 0.25) is 0 Å². The second-order valence-corrected chi connectivity index (χ2v) is 5.18. The number of hydrogen-bond donors (Lipinski definition) is 0. The number of rotatable bonds is 1. The molecule has 14 heavy (non-hydrogen) atoms. The third-order valence-electron chi connectivity index (χ3n) is 1.55. The van der Waals surface area contributed by atoms with Gasteiger partial charge >= 0.3 is 0 Å². The summed E-state index contributed by atoms with van der Waals surface area (Å²) in [4.78, 5) is -0.757. The van der Waals surface area contributed by atoms with Gasteiger partial charge in [0.2, 0.25) is 0 Å². The van der Waals surface area contributed by atoms with Crippen LogP contribution in [0.3, 0.4) is 0 Å². The highest BCUT2D eigenvalue weighted by Gasteiger charge is 2.21. The van der Waals surface area contributed by atoms with Crippen molar-refractivity contribution in [1.29, 1.82) is 5.26 Å². The first-order valence-electron chi connectivity index (χ1n) is 3.51. The van der Waals surface area contributed by atoms with Gasteiger partial charge in [-0.15, -0.1) is 0 Å². The summed E-state index contributed by atoms with van der Waals surface area (Å²) < 4.78 is 35.0. The molecule has 0 saturated heterocycles. The van der Waals surface area contributed by atoms with Gasteiger partial charge in [-0.25, -0.2) is 12.8 Å². The minimum absolute atomic E-state index is 0.280. The molecule has 0 radical (unpaired) electrons. The lowest BCUT2D eigenvalue weighted by molar-refractivity contribution is 0.574. The maximum atomic E-state index is 13.2. The minimum atomic E-state index is -4.22. The molecule has 0 atom stereocenters. The third-order valence-corrected chi connectivity index (χ3v) is 2.92. The smallest absolute Gasteiger partial charge is 0.207 e. The Kier molecular flexibility index (Phi) is 2.79. The first-order valence-corrected chi connectivity index (χ1v) is 5.82. The number of nitriles is 1. The Labute approximate surface area is 85.2 Å². The molecule has 0 N–H and O–H groups in total. The summed E-state index contributed by atoms with van der Waals surface area (Å²) >= 11 is 0. The van der Waals surface area contributed by atoms with E-state index in [0.29, 0.717) is 5.56 Å². The summed E-state index contributed by atoms with van der Waals surface area (Å²) in [6.45, 7) is 1.55. The molecular weight excluding hydrogens is 229 g/mol. The van der Waals surface area contributed by atoms with Crippen molar-refractivity contribution in [1.82, 2.24) is 0 Å². The van der Waals surface area contributed by atoms with E-state index in [-0.39, 0.29) is 5.56 Å². The lowest BCUT2D eigenvalue weighted by Gasteiger charge is -2.02. The molecule has 0 aliphatic carbocycles. The van der Waals surface area contributed by atoms with Crippen LogP contribution in [0.5, 0.6) is 0 Å². The van der Waals surface area contributed by atoms with Gasteiger partial charge in [0.15, 0.2) is 0 Å². The summed E-state index contributed by atoms with van der Waals surface area (Å²) in [5.74, 6) is -1.00. The Bertz CT molecular complexity index is 519. The number of aryl methyl sites for hydroxylation is 1. The summed E-state index contributed by atoms with van der Waals surface area (Å²) in [5, 5.41) is 8.59. The highest BCUT2D eigenvalue weighted by molar-refractivity contribution is 8.13. The monoisotopic (exact) mass is 233 g/mol. The maximum Gasteiger partial charge on any atom is 0.265 e. The average Bonchev–Trinajstić information content (AvgIpc) is 1.99. The Balaban J connectivity index is 3.68. The van der Waals surface area contributed by atoms with Crippen molar-refractivity contribution in [2.75, 3.05) is 0 Å². The first kappa shape index (κ1) is 11.0. The minimum Gasteiger partial charge on any atom is -0.207 e. The highest BCUT2D eigenvalue weighted by Crippen LogP contribution is 2.24. The van der Waals surface area contributed by atoms with Gasteiger partial charge in [0.25, 0.3) is 9.05 Å². The van der Waals surface area contributed by atoms with Crippen molar-refractivity contribution in [3.05, 3.63) is 29.1 Å². The van der Waals surface area contributed by atoms with Crippen molar-refractivity contribution < 1.29 is 12.8 Å². The highest BCUT2D eigenvalue weighted by atomic mass is 35.7. The molecule has 3 nitrogen and oxygen atoms in total. The largest absolute Gasteiger partial charge is 0.265 e. The fraction of sp³-hybridized carbons (Fsp3) is 0.125. The van der Waals surface area contributed by atoms with Gasteiger partial charge in [-0.3, -0.25) is 0 Å². The van der Waals surface area contributed by atoms with Crippen LogP contribution in [0.15, 0.2) is 17.0 Å². The lowest BCUT2D eigenvalue weighted by atomic mass is 10.1. The topological polar surface area (TPSA) is 57.9 Å². The average molecular weight is 234 g/mol. The zero-order valence-electron chi connectivity index (χ0n) is 7.08. The van der Waals surface area contributed by atoms with Gasteiger partial charge in [0, 0.05) is 10.7 Å². The van der Waals surface area contributed by atoms with Crippen molar-refractivity contribution in [3.63, 3.8) is 0 Å². The predicted octanol–water partition coefficient (Wildman–Crippen LogP) is 1.93. The van der Waals surface area contributed by atoms with Crippen LogP contribution in [-0.4, -0.2) is 8.42 Å². The van der Waals surface area contributed by atoms with E-state index in [1.165, 1.54) is 6.07 Å². The van der Waals surface area contributed by atoms with Crippen molar-refractivity contribution in [2.45, 2.75) is 11.8 Å². The Hall–Kier alpha value is -1.12. The van der Waals surface area contributed by atoms with E-state index in [4.69, 9.17) is 15.9 Å². The summed E-state index contributed by atoms with van der Waals surface area (Å²) in [5.41, 5.74) is 0.181. The summed E-state index contributed by atoms with van der Waals surface area (Å²) in [7, 11) is 0.763. The first-order chi connectivity index (χ1) is 6.36. The van der Waals surface area contributed by atoms with Crippen LogP contribution in [0.1, 0.15) is 11.1 Å². The van der Waals surface area contributed by atoms with E-state index in [0.717, 1.165) is 6.07 Å². The molecule has 0 aromatic heterocycles. The van der Waals surface area contributed by atoms with E-state index in [2.05, 4.69) is 0 Å². The van der Waals surface area contributed by atoms with E-state index in [1.54, 1.807) is 13.0 Å². The van der Waals surface area contributed by atoms with Crippen LogP contribution in [-0.2, 0) is 9.05 Å². The molecule has 0 saturated carbocycles.